The highest BCUT2D eigenvalue weighted by Crippen LogP contribution is 2.25. The van der Waals surface area contributed by atoms with Gasteiger partial charge < -0.3 is 0 Å². The van der Waals surface area contributed by atoms with Gasteiger partial charge in [-0.2, -0.15) is 0 Å². The average Bonchev–Trinajstić information content (AvgIpc) is 2.87. The summed E-state index contributed by atoms with van der Waals surface area (Å²) in [4.78, 5) is 16.3. The lowest BCUT2D eigenvalue weighted by molar-refractivity contribution is 0.0988. The highest BCUT2D eigenvalue weighted by molar-refractivity contribution is 7.09. The summed E-state index contributed by atoms with van der Waals surface area (Å²) in [6.45, 7) is 8.42. The van der Waals surface area contributed by atoms with Crippen molar-refractivity contribution in [2.45, 2.75) is 46.0 Å². The predicted octanol–water partition coefficient (Wildman–Crippen LogP) is 4.62. The summed E-state index contributed by atoms with van der Waals surface area (Å²) in [6.07, 6.45) is 1.39. The summed E-state index contributed by atoms with van der Waals surface area (Å²) in [5, 5.41) is 3.27. The molecule has 0 spiro atoms. The van der Waals surface area contributed by atoms with Crippen molar-refractivity contribution in [3.05, 3.63) is 51.5 Å². The number of thiazole rings is 1. The first kappa shape index (κ1) is 14.9. The van der Waals surface area contributed by atoms with Gasteiger partial charge in [-0.3, -0.25) is 4.79 Å². The van der Waals surface area contributed by atoms with E-state index in [1.165, 1.54) is 5.56 Å². The maximum absolute atomic E-state index is 11.6. The van der Waals surface area contributed by atoms with Gasteiger partial charge in [0.25, 0.3) is 0 Å². The summed E-state index contributed by atoms with van der Waals surface area (Å²) < 4.78 is 0. The molecule has 20 heavy (non-hydrogen) atoms. The minimum absolute atomic E-state index is 0.103. The molecule has 0 radical (unpaired) electrons. The lowest BCUT2D eigenvalue weighted by Crippen LogP contribution is -2.11. The van der Waals surface area contributed by atoms with Gasteiger partial charge in [-0.15, -0.1) is 11.3 Å². The number of aromatic nitrogens is 1. The summed E-state index contributed by atoms with van der Waals surface area (Å²) in [7, 11) is 0. The van der Waals surface area contributed by atoms with Gasteiger partial charge in [-0.1, -0.05) is 52.0 Å². The van der Waals surface area contributed by atoms with E-state index in [-0.39, 0.29) is 11.2 Å². The van der Waals surface area contributed by atoms with Crippen LogP contribution in [0.1, 0.15) is 60.7 Å². The number of benzene rings is 1. The number of rotatable bonds is 4. The molecule has 0 N–H and O–H groups in total. The fraction of sp³-hybridized carbons (Fsp3) is 0.412. The Kier molecular flexibility index (Phi) is 4.39. The zero-order valence-corrected chi connectivity index (χ0v) is 13.4. The molecule has 1 aromatic heterocycles. The average molecular weight is 287 g/mol. The third-order valence-corrected chi connectivity index (χ3v) is 4.12. The molecule has 1 aromatic carbocycles. The van der Waals surface area contributed by atoms with Crippen molar-refractivity contribution < 1.29 is 4.79 Å². The molecular formula is C17H21NOS. The van der Waals surface area contributed by atoms with Gasteiger partial charge in [0.15, 0.2) is 5.78 Å². The van der Waals surface area contributed by atoms with Crippen LogP contribution in [0.4, 0.5) is 0 Å². The van der Waals surface area contributed by atoms with E-state index in [0.717, 1.165) is 22.7 Å². The van der Waals surface area contributed by atoms with Crippen molar-refractivity contribution >= 4 is 17.1 Å². The third-order valence-electron chi connectivity index (χ3n) is 3.27. The second-order valence-electron chi connectivity index (χ2n) is 6.03. The van der Waals surface area contributed by atoms with E-state index < -0.39 is 0 Å². The fourth-order valence-corrected chi connectivity index (χ4v) is 2.98. The van der Waals surface area contributed by atoms with Crippen molar-refractivity contribution in [3.8, 4) is 0 Å². The molecule has 2 rings (SSSR count). The molecule has 0 bridgehead atoms. The van der Waals surface area contributed by atoms with E-state index in [9.17, 15) is 4.79 Å². The largest absolute Gasteiger partial charge is 0.294 e. The quantitative estimate of drug-likeness (QED) is 0.768. The Balaban J connectivity index is 2.10. The van der Waals surface area contributed by atoms with Crippen LogP contribution in [0.3, 0.4) is 0 Å². The van der Waals surface area contributed by atoms with Crippen LogP contribution < -0.4 is 0 Å². The van der Waals surface area contributed by atoms with E-state index in [0.29, 0.717) is 6.42 Å². The number of nitrogens with zero attached hydrogens (tertiary/aromatic N) is 1. The van der Waals surface area contributed by atoms with Gasteiger partial charge in [-0.05, 0) is 5.56 Å². The summed E-state index contributed by atoms with van der Waals surface area (Å²) >= 11 is 1.71. The summed E-state index contributed by atoms with van der Waals surface area (Å²) in [6, 6.07) is 7.89. The Hall–Kier alpha value is -1.48. The Morgan fingerprint density at radius 3 is 2.35 bits per heavy atom. The number of carbonyl (C=O) groups excluding carboxylic acids is 1. The normalized spacial score (nSPS) is 11.6. The molecule has 0 unspecified atom stereocenters. The zero-order valence-electron chi connectivity index (χ0n) is 12.6. The molecule has 2 aromatic rings. The van der Waals surface area contributed by atoms with Crippen molar-refractivity contribution in [1.82, 2.24) is 4.98 Å². The van der Waals surface area contributed by atoms with Crippen molar-refractivity contribution in [1.29, 1.82) is 0 Å². The first-order valence-corrected chi connectivity index (χ1v) is 7.85. The zero-order chi connectivity index (χ0) is 14.8. The second-order valence-corrected chi connectivity index (χ2v) is 6.97. The highest BCUT2D eigenvalue weighted by Gasteiger charge is 2.17. The smallest absolute Gasteiger partial charge is 0.162 e. The predicted molar refractivity (Wildman–Crippen MR) is 84.7 cm³/mol. The first-order valence-electron chi connectivity index (χ1n) is 6.97. The van der Waals surface area contributed by atoms with Gasteiger partial charge in [0.05, 0.1) is 10.7 Å². The molecule has 2 nitrogen and oxygen atoms in total. The van der Waals surface area contributed by atoms with Gasteiger partial charge >= 0.3 is 0 Å². The molecular weight excluding hydrogens is 266 g/mol. The summed E-state index contributed by atoms with van der Waals surface area (Å²) in [5.74, 6) is 0.195. The summed E-state index contributed by atoms with van der Waals surface area (Å²) in [5.41, 5.74) is 3.25. The van der Waals surface area contributed by atoms with E-state index in [2.05, 4.69) is 26.2 Å². The van der Waals surface area contributed by atoms with Gasteiger partial charge in [0.1, 0.15) is 0 Å². The number of hydrogen-bond acceptors (Lipinski definition) is 3. The molecule has 0 aliphatic heterocycles. The number of hydrogen-bond donors (Lipinski definition) is 0. The number of carbonyl (C=O) groups is 1. The Morgan fingerprint density at radius 1 is 1.20 bits per heavy atom. The minimum atomic E-state index is 0.103. The van der Waals surface area contributed by atoms with Crippen molar-refractivity contribution in [2.75, 3.05) is 0 Å². The van der Waals surface area contributed by atoms with Crippen LogP contribution in [0.5, 0.6) is 0 Å². The molecule has 0 atom stereocenters. The Bertz CT molecular complexity index is 590. The van der Waals surface area contributed by atoms with Gasteiger partial charge in [0.2, 0.25) is 0 Å². The first-order chi connectivity index (χ1) is 9.40. The third kappa shape index (κ3) is 3.54. The van der Waals surface area contributed by atoms with Crippen LogP contribution in [0, 0.1) is 0 Å². The molecule has 0 saturated heterocycles. The van der Waals surface area contributed by atoms with Crippen molar-refractivity contribution in [3.63, 3.8) is 0 Å². The Labute approximate surface area is 124 Å². The van der Waals surface area contributed by atoms with E-state index in [1.807, 2.05) is 31.2 Å². The van der Waals surface area contributed by atoms with Crippen LogP contribution in [-0.2, 0) is 11.8 Å². The number of ketones is 1. The molecule has 106 valence electrons. The molecule has 0 fully saturated rings. The minimum Gasteiger partial charge on any atom is -0.294 e. The monoisotopic (exact) mass is 287 g/mol. The lowest BCUT2D eigenvalue weighted by Gasteiger charge is -2.14. The van der Waals surface area contributed by atoms with E-state index >= 15 is 0 Å². The SMILES string of the molecule is CCC(=O)c1ccc(Cc2nc(C(C)(C)C)cs2)cc1. The van der Waals surface area contributed by atoms with Crippen molar-refractivity contribution in [2.24, 2.45) is 0 Å². The molecule has 0 aliphatic rings. The van der Waals surface area contributed by atoms with E-state index in [1.54, 1.807) is 11.3 Å². The molecule has 3 heteroatoms. The molecule has 0 amide bonds. The molecule has 0 saturated carbocycles. The van der Waals surface area contributed by atoms with Crippen LogP contribution in [0.15, 0.2) is 29.6 Å². The van der Waals surface area contributed by atoms with Gasteiger partial charge in [0, 0.05) is 29.2 Å². The van der Waals surface area contributed by atoms with Crippen LogP contribution in [0.2, 0.25) is 0 Å². The standard InChI is InChI=1S/C17H21NOS/c1-5-14(19)13-8-6-12(7-9-13)10-16-18-15(11-20-16)17(2,3)4/h6-9,11H,5,10H2,1-4H3. The highest BCUT2D eigenvalue weighted by atomic mass is 32.1. The Morgan fingerprint density at radius 2 is 1.85 bits per heavy atom. The second kappa shape index (κ2) is 5.88. The molecule has 1 heterocycles. The lowest BCUT2D eigenvalue weighted by atomic mass is 9.93. The molecule has 0 aliphatic carbocycles. The number of Topliss-reactive ketones (excluding diaryl/α,β-unsaturated/α-hetero) is 1. The maximum atomic E-state index is 11.6. The maximum Gasteiger partial charge on any atom is 0.162 e. The van der Waals surface area contributed by atoms with Crippen LogP contribution >= 0.6 is 11.3 Å². The van der Waals surface area contributed by atoms with Crippen LogP contribution in [-0.4, -0.2) is 10.8 Å². The van der Waals surface area contributed by atoms with Crippen LogP contribution in [0.25, 0.3) is 0 Å². The topological polar surface area (TPSA) is 30.0 Å². The van der Waals surface area contributed by atoms with Gasteiger partial charge in [-0.25, -0.2) is 4.98 Å². The fourth-order valence-electron chi connectivity index (χ4n) is 1.92. The van der Waals surface area contributed by atoms with E-state index in [4.69, 9.17) is 4.98 Å².